The number of aryl methyl sites for hydroxylation is 1. The lowest BCUT2D eigenvalue weighted by molar-refractivity contribution is -0.147. The molecule has 0 bridgehead atoms. The van der Waals surface area contributed by atoms with Crippen molar-refractivity contribution in [1.82, 2.24) is 4.98 Å². The van der Waals surface area contributed by atoms with Crippen molar-refractivity contribution >= 4 is 50.9 Å². The van der Waals surface area contributed by atoms with E-state index in [4.69, 9.17) is 4.74 Å². The minimum absolute atomic E-state index is 0.267. The lowest BCUT2D eigenvalue weighted by Gasteiger charge is -2.10. The zero-order valence-electron chi connectivity index (χ0n) is 15.9. The number of thiazole rings is 1. The molecule has 1 heterocycles. The minimum atomic E-state index is -0.360. The molecule has 0 saturated carbocycles. The van der Waals surface area contributed by atoms with E-state index in [1.807, 2.05) is 50.2 Å². The summed E-state index contributed by atoms with van der Waals surface area (Å²) < 4.78 is 7.24. The fourth-order valence-electron chi connectivity index (χ4n) is 2.58. The van der Waals surface area contributed by atoms with Gasteiger partial charge in [0.2, 0.25) is 0 Å². The van der Waals surface area contributed by atoms with Crippen LogP contribution in [0.15, 0.2) is 46.8 Å². The summed E-state index contributed by atoms with van der Waals surface area (Å²) >= 11 is 3.29. The molecule has 1 aromatic heterocycles. The van der Waals surface area contributed by atoms with Gasteiger partial charge in [-0.3, -0.25) is 9.59 Å². The van der Waals surface area contributed by atoms with Gasteiger partial charge in [-0.25, -0.2) is 4.98 Å². The van der Waals surface area contributed by atoms with Crippen LogP contribution in [0.4, 0.5) is 5.69 Å². The van der Waals surface area contributed by atoms with Gasteiger partial charge in [0.15, 0.2) is 10.9 Å². The highest BCUT2D eigenvalue weighted by atomic mass is 32.2. The Labute approximate surface area is 172 Å². The van der Waals surface area contributed by atoms with E-state index in [9.17, 15) is 9.59 Å². The first-order chi connectivity index (χ1) is 13.5. The number of nitrogens with one attached hydrogen (secondary N) is 1. The van der Waals surface area contributed by atoms with E-state index in [0.29, 0.717) is 6.42 Å². The van der Waals surface area contributed by atoms with Gasteiger partial charge < -0.3 is 10.1 Å². The van der Waals surface area contributed by atoms with Crippen LogP contribution in [0.1, 0.15) is 24.0 Å². The summed E-state index contributed by atoms with van der Waals surface area (Å²) in [6.45, 7) is 3.66. The van der Waals surface area contributed by atoms with Gasteiger partial charge in [0, 0.05) is 17.9 Å². The summed E-state index contributed by atoms with van der Waals surface area (Å²) in [5.74, 6) is 0.0933. The number of hydrogen-bond acceptors (Lipinski definition) is 6. The van der Waals surface area contributed by atoms with E-state index in [2.05, 4.69) is 16.4 Å². The van der Waals surface area contributed by atoms with Crippen molar-refractivity contribution in [3.8, 4) is 0 Å². The summed E-state index contributed by atoms with van der Waals surface area (Å²) in [5.41, 5.74) is 3.85. The molecule has 1 amide bonds. The smallest absolute Gasteiger partial charge is 0.306 e. The highest BCUT2D eigenvalue weighted by Gasteiger charge is 2.10. The van der Waals surface area contributed by atoms with Gasteiger partial charge in [-0.2, -0.15) is 0 Å². The molecular weight excluding hydrogens is 392 g/mol. The number of benzene rings is 2. The lowest BCUT2D eigenvalue weighted by atomic mass is 10.1. The van der Waals surface area contributed by atoms with Crippen molar-refractivity contribution in [2.24, 2.45) is 0 Å². The van der Waals surface area contributed by atoms with Gasteiger partial charge >= 0.3 is 5.97 Å². The Bertz CT molecular complexity index is 952. The third-order valence-corrected chi connectivity index (χ3v) is 6.53. The quantitative estimate of drug-likeness (QED) is 0.320. The predicted molar refractivity (Wildman–Crippen MR) is 115 cm³/mol. The Kier molecular flexibility index (Phi) is 7.06. The summed E-state index contributed by atoms with van der Waals surface area (Å²) in [7, 11) is 0. The maximum absolute atomic E-state index is 12.0. The fourth-order valence-corrected chi connectivity index (χ4v) is 4.66. The number of para-hydroxylation sites is 1. The number of anilines is 1. The third kappa shape index (κ3) is 5.56. The second-order valence-electron chi connectivity index (χ2n) is 6.36. The molecule has 3 rings (SSSR count). The Hall–Kier alpha value is -2.38. The van der Waals surface area contributed by atoms with E-state index in [1.54, 1.807) is 23.1 Å². The van der Waals surface area contributed by atoms with Crippen LogP contribution in [-0.2, 0) is 14.3 Å². The molecule has 0 unspecified atom stereocenters. The Morgan fingerprint density at radius 3 is 2.79 bits per heavy atom. The molecule has 0 saturated heterocycles. The zero-order chi connectivity index (χ0) is 19.9. The monoisotopic (exact) mass is 414 g/mol. The van der Waals surface area contributed by atoms with Crippen LogP contribution < -0.4 is 5.32 Å². The average molecular weight is 415 g/mol. The minimum Gasteiger partial charge on any atom is -0.456 e. The van der Waals surface area contributed by atoms with Crippen molar-refractivity contribution in [2.75, 3.05) is 17.7 Å². The van der Waals surface area contributed by atoms with E-state index < -0.39 is 0 Å². The van der Waals surface area contributed by atoms with Crippen LogP contribution in [0, 0.1) is 13.8 Å². The number of carbonyl (C=O) groups excluding carboxylic acids is 2. The normalized spacial score (nSPS) is 10.8. The molecule has 3 aromatic rings. The molecule has 2 aromatic carbocycles. The largest absolute Gasteiger partial charge is 0.456 e. The lowest BCUT2D eigenvalue weighted by Crippen LogP contribution is -2.21. The molecule has 5 nitrogen and oxygen atoms in total. The molecule has 0 atom stereocenters. The van der Waals surface area contributed by atoms with Crippen LogP contribution in [0.2, 0.25) is 0 Å². The molecule has 0 aliphatic heterocycles. The van der Waals surface area contributed by atoms with Gasteiger partial charge in [-0.05, 0) is 49.6 Å². The summed E-state index contributed by atoms with van der Waals surface area (Å²) in [4.78, 5) is 28.4. The van der Waals surface area contributed by atoms with Crippen molar-refractivity contribution in [3.63, 3.8) is 0 Å². The molecular formula is C21H22N2O3S2. The maximum Gasteiger partial charge on any atom is 0.306 e. The number of ether oxygens (including phenoxy) is 1. The molecule has 0 spiro atoms. The van der Waals surface area contributed by atoms with Crippen LogP contribution >= 0.6 is 23.1 Å². The van der Waals surface area contributed by atoms with Gasteiger partial charge in [0.05, 0.1) is 10.2 Å². The van der Waals surface area contributed by atoms with Crippen LogP contribution in [0.5, 0.6) is 0 Å². The van der Waals surface area contributed by atoms with E-state index in [0.717, 1.165) is 32.4 Å². The first kappa shape index (κ1) is 20.4. The molecule has 0 fully saturated rings. The first-order valence-electron chi connectivity index (χ1n) is 9.03. The molecule has 1 N–H and O–H groups in total. The summed E-state index contributed by atoms with van der Waals surface area (Å²) in [6, 6.07) is 13.7. The number of fused-ring (bicyclic) bond motifs is 1. The number of thioether (sulfide) groups is 1. The van der Waals surface area contributed by atoms with E-state index in [-0.39, 0.29) is 24.9 Å². The standard InChI is InChI=1S/C21H22N2O3S2/c1-14-7-5-9-16(15(14)2)22-19(24)13-26-20(25)11-6-12-27-21-23-17-8-3-4-10-18(17)28-21/h3-5,7-10H,6,11-13H2,1-2H3,(H,22,24). The second-order valence-corrected chi connectivity index (χ2v) is 8.73. The number of esters is 1. The molecule has 0 aliphatic rings. The van der Waals surface area contributed by atoms with Gasteiger partial charge in [-0.1, -0.05) is 36.0 Å². The number of nitrogens with zero attached hydrogens (tertiary/aromatic N) is 1. The predicted octanol–water partition coefficient (Wildman–Crippen LogP) is 4.97. The number of rotatable bonds is 8. The third-order valence-electron chi connectivity index (χ3n) is 4.27. The number of amides is 1. The average Bonchev–Trinajstić information content (AvgIpc) is 3.10. The number of aromatic nitrogens is 1. The highest BCUT2D eigenvalue weighted by Crippen LogP contribution is 2.29. The molecule has 7 heteroatoms. The highest BCUT2D eigenvalue weighted by molar-refractivity contribution is 8.01. The van der Waals surface area contributed by atoms with Crippen molar-refractivity contribution < 1.29 is 14.3 Å². The summed E-state index contributed by atoms with van der Waals surface area (Å²) in [6.07, 6.45) is 0.965. The number of hydrogen-bond donors (Lipinski definition) is 1. The molecule has 0 radical (unpaired) electrons. The van der Waals surface area contributed by atoms with Crippen molar-refractivity contribution in [2.45, 2.75) is 31.0 Å². The van der Waals surface area contributed by atoms with Gasteiger partial charge in [0.25, 0.3) is 5.91 Å². The molecule has 0 aliphatic carbocycles. The maximum atomic E-state index is 12.0. The topological polar surface area (TPSA) is 68.3 Å². The zero-order valence-corrected chi connectivity index (χ0v) is 17.5. The van der Waals surface area contributed by atoms with Gasteiger partial charge in [-0.15, -0.1) is 11.3 Å². The van der Waals surface area contributed by atoms with E-state index >= 15 is 0 Å². The van der Waals surface area contributed by atoms with Crippen LogP contribution in [0.3, 0.4) is 0 Å². The van der Waals surface area contributed by atoms with Crippen molar-refractivity contribution in [3.05, 3.63) is 53.6 Å². The van der Waals surface area contributed by atoms with Crippen LogP contribution in [-0.4, -0.2) is 29.2 Å². The van der Waals surface area contributed by atoms with E-state index in [1.165, 1.54) is 4.70 Å². The SMILES string of the molecule is Cc1cccc(NC(=O)COC(=O)CCCSc2nc3ccccc3s2)c1C. The first-order valence-corrected chi connectivity index (χ1v) is 10.8. The van der Waals surface area contributed by atoms with Crippen LogP contribution in [0.25, 0.3) is 10.2 Å². The second kappa shape index (κ2) is 9.71. The Morgan fingerprint density at radius 2 is 1.96 bits per heavy atom. The Balaban J connectivity index is 1.35. The fraction of sp³-hybridized carbons (Fsp3) is 0.286. The Morgan fingerprint density at radius 1 is 1.14 bits per heavy atom. The molecule has 28 heavy (non-hydrogen) atoms. The van der Waals surface area contributed by atoms with Crippen molar-refractivity contribution in [1.29, 1.82) is 0 Å². The molecule has 146 valence electrons. The van der Waals surface area contributed by atoms with Gasteiger partial charge in [0.1, 0.15) is 0 Å². The summed E-state index contributed by atoms with van der Waals surface area (Å²) in [5, 5.41) is 2.78. The number of carbonyl (C=O) groups is 2.